The zero-order valence-corrected chi connectivity index (χ0v) is 14.3. The van der Waals surface area contributed by atoms with Crippen LogP contribution in [-0.2, 0) is 6.42 Å². The van der Waals surface area contributed by atoms with Gasteiger partial charge in [0.25, 0.3) is 5.91 Å². The van der Waals surface area contributed by atoms with Gasteiger partial charge < -0.3 is 15.0 Å². The fraction of sp³-hybridized carbons (Fsp3) is 0.222. The van der Waals surface area contributed by atoms with E-state index < -0.39 is 0 Å². The Hall–Kier alpha value is -2.60. The van der Waals surface area contributed by atoms with Crippen molar-refractivity contribution in [3.8, 4) is 5.75 Å². The Labute approximate surface area is 143 Å². The van der Waals surface area contributed by atoms with Crippen LogP contribution in [0.25, 0.3) is 10.9 Å². The number of ether oxygens (including phenoxy) is 1. The van der Waals surface area contributed by atoms with E-state index in [1.54, 1.807) is 14.0 Å². The second-order valence-electron chi connectivity index (χ2n) is 5.46. The lowest BCUT2D eigenvalue weighted by atomic mass is 10.2. The summed E-state index contributed by atoms with van der Waals surface area (Å²) < 4.78 is 5.18. The van der Waals surface area contributed by atoms with Crippen LogP contribution in [-0.4, -0.2) is 30.3 Å². The maximum absolute atomic E-state index is 12.2. The Morgan fingerprint density at radius 1 is 1.21 bits per heavy atom. The molecule has 0 saturated heterocycles. The normalized spacial score (nSPS) is 10.8. The van der Waals surface area contributed by atoms with Crippen molar-refractivity contribution < 1.29 is 14.3 Å². The average molecular weight is 342 g/mol. The lowest BCUT2D eigenvalue weighted by molar-refractivity contribution is 0.0949. The van der Waals surface area contributed by atoms with Gasteiger partial charge in [-0.15, -0.1) is 11.3 Å². The first-order valence-corrected chi connectivity index (χ1v) is 8.43. The van der Waals surface area contributed by atoms with Crippen LogP contribution in [0.3, 0.4) is 0 Å². The van der Waals surface area contributed by atoms with E-state index in [-0.39, 0.29) is 11.7 Å². The van der Waals surface area contributed by atoms with Crippen LogP contribution in [0.1, 0.15) is 32.0 Å². The number of H-pyrrole nitrogens is 1. The molecular weight excluding hydrogens is 324 g/mol. The van der Waals surface area contributed by atoms with E-state index in [1.807, 2.05) is 36.4 Å². The Morgan fingerprint density at radius 2 is 2.04 bits per heavy atom. The molecule has 24 heavy (non-hydrogen) atoms. The summed E-state index contributed by atoms with van der Waals surface area (Å²) in [6.45, 7) is 2.08. The smallest absolute Gasteiger partial charge is 0.267 e. The maximum atomic E-state index is 12.2. The number of carbonyl (C=O) groups excluding carboxylic acids is 2. The maximum Gasteiger partial charge on any atom is 0.267 e. The van der Waals surface area contributed by atoms with Crippen LogP contribution in [0.4, 0.5) is 0 Å². The minimum atomic E-state index is -0.145. The summed E-state index contributed by atoms with van der Waals surface area (Å²) in [5.74, 6) is 0.674. The highest BCUT2D eigenvalue weighted by Gasteiger charge is 2.10. The van der Waals surface area contributed by atoms with Crippen LogP contribution in [0.15, 0.2) is 36.4 Å². The molecule has 0 spiro atoms. The molecule has 0 aliphatic carbocycles. The molecule has 3 aromatic rings. The molecule has 2 aromatic heterocycles. The third-order valence-corrected chi connectivity index (χ3v) is 4.99. The fourth-order valence-corrected chi connectivity index (χ4v) is 3.35. The molecule has 3 rings (SSSR count). The number of ketones is 1. The average Bonchev–Trinajstić information content (AvgIpc) is 3.20. The zero-order valence-electron chi connectivity index (χ0n) is 13.5. The van der Waals surface area contributed by atoms with Gasteiger partial charge in [-0.2, -0.15) is 0 Å². The molecule has 2 N–H and O–H groups in total. The summed E-state index contributed by atoms with van der Waals surface area (Å²) in [6, 6.07) is 11.2. The molecule has 0 saturated carbocycles. The molecular formula is C18H18N2O3S. The molecule has 0 radical (unpaired) electrons. The molecule has 1 aromatic carbocycles. The highest BCUT2D eigenvalue weighted by molar-refractivity contribution is 7.14. The lowest BCUT2D eigenvalue weighted by Crippen LogP contribution is -2.25. The van der Waals surface area contributed by atoms with Gasteiger partial charge in [0.15, 0.2) is 5.78 Å². The quantitative estimate of drug-likeness (QED) is 0.674. The summed E-state index contributed by atoms with van der Waals surface area (Å²) in [6.07, 6.45) is 0.706. The lowest BCUT2D eigenvalue weighted by Gasteiger charge is -2.02. The number of methoxy groups -OCH3 is 1. The van der Waals surface area contributed by atoms with Crippen LogP contribution < -0.4 is 10.1 Å². The van der Waals surface area contributed by atoms with Gasteiger partial charge >= 0.3 is 0 Å². The number of aromatic nitrogens is 1. The van der Waals surface area contributed by atoms with Crippen molar-refractivity contribution in [2.24, 2.45) is 0 Å². The van der Waals surface area contributed by atoms with Gasteiger partial charge in [0, 0.05) is 28.4 Å². The number of aromatic amines is 1. The van der Waals surface area contributed by atoms with E-state index >= 15 is 0 Å². The van der Waals surface area contributed by atoms with Crippen LogP contribution >= 0.6 is 11.3 Å². The van der Waals surface area contributed by atoms with Gasteiger partial charge in [-0.05, 0) is 43.7 Å². The second-order valence-corrected chi connectivity index (χ2v) is 6.63. The monoisotopic (exact) mass is 342 g/mol. The Bertz CT molecular complexity index is 895. The number of benzene rings is 1. The van der Waals surface area contributed by atoms with Crippen molar-refractivity contribution in [2.45, 2.75) is 13.3 Å². The van der Waals surface area contributed by atoms with Gasteiger partial charge in [0.2, 0.25) is 0 Å². The van der Waals surface area contributed by atoms with Crippen molar-refractivity contribution in [1.82, 2.24) is 10.3 Å². The summed E-state index contributed by atoms with van der Waals surface area (Å²) in [5, 5.41) is 3.86. The van der Waals surface area contributed by atoms with Crippen molar-refractivity contribution in [1.29, 1.82) is 0 Å². The Kier molecular flexibility index (Phi) is 4.66. The van der Waals surface area contributed by atoms with Gasteiger partial charge in [0.05, 0.1) is 12.0 Å². The highest BCUT2D eigenvalue weighted by atomic mass is 32.1. The molecule has 0 unspecified atom stereocenters. The van der Waals surface area contributed by atoms with E-state index in [2.05, 4.69) is 10.3 Å². The van der Waals surface area contributed by atoms with E-state index in [9.17, 15) is 9.59 Å². The molecule has 0 aliphatic rings. The first kappa shape index (κ1) is 16.3. The number of hydrogen-bond acceptors (Lipinski definition) is 4. The molecule has 2 heterocycles. The number of hydrogen-bond donors (Lipinski definition) is 2. The van der Waals surface area contributed by atoms with E-state index in [4.69, 9.17) is 4.74 Å². The van der Waals surface area contributed by atoms with Gasteiger partial charge in [0.1, 0.15) is 11.4 Å². The SMILES string of the molecule is COc1ccc2cc(C(=O)NCCc3ccc(C(C)=O)s3)[nH]c2c1. The molecule has 6 heteroatoms. The predicted octanol–water partition coefficient (Wildman–Crippen LogP) is 3.41. The van der Waals surface area contributed by atoms with E-state index in [1.165, 1.54) is 11.3 Å². The number of thiophene rings is 1. The Morgan fingerprint density at radius 3 is 2.75 bits per heavy atom. The van der Waals surface area contributed by atoms with Gasteiger partial charge in [-0.1, -0.05) is 0 Å². The van der Waals surface area contributed by atoms with Crippen molar-refractivity contribution >= 4 is 33.9 Å². The van der Waals surface area contributed by atoms with Crippen LogP contribution in [0.5, 0.6) is 5.75 Å². The molecule has 1 amide bonds. The first-order valence-electron chi connectivity index (χ1n) is 7.61. The van der Waals surface area contributed by atoms with Gasteiger partial charge in [-0.25, -0.2) is 0 Å². The number of nitrogens with one attached hydrogen (secondary N) is 2. The van der Waals surface area contributed by atoms with Crippen molar-refractivity contribution in [2.75, 3.05) is 13.7 Å². The van der Waals surface area contributed by atoms with Crippen molar-refractivity contribution in [3.63, 3.8) is 0 Å². The minimum Gasteiger partial charge on any atom is -0.497 e. The summed E-state index contributed by atoms with van der Waals surface area (Å²) >= 11 is 1.47. The van der Waals surface area contributed by atoms with Crippen molar-refractivity contribution in [3.05, 3.63) is 51.8 Å². The number of carbonyl (C=O) groups is 2. The fourth-order valence-electron chi connectivity index (χ4n) is 2.45. The molecule has 124 valence electrons. The summed E-state index contributed by atoms with van der Waals surface area (Å²) in [7, 11) is 1.61. The number of rotatable bonds is 6. The minimum absolute atomic E-state index is 0.0730. The number of fused-ring (bicyclic) bond motifs is 1. The number of Topliss-reactive ketones (excluding diaryl/α,β-unsaturated/α-hetero) is 1. The van der Waals surface area contributed by atoms with Gasteiger partial charge in [-0.3, -0.25) is 9.59 Å². The molecule has 0 fully saturated rings. The Balaban J connectivity index is 1.61. The largest absolute Gasteiger partial charge is 0.497 e. The predicted molar refractivity (Wildman–Crippen MR) is 95.2 cm³/mol. The van der Waals surface area contributed by atoms with Crippen LogP contribution in [0, 0.1) is 0 Å². The topological polar surface area (TPSA) is 71.2 Å². The standard InChI is InChI=1S/C18H18N2O3S/c1-11(21)17-6-5-14(24-17)7-8-19-18(22)16-9-12-3-4-13(23-2)10-15(12)20-16/h3-6,9-10,20H,7-8H2,1-2H3,(H,19,22). The first-order chi connectivity index (χ1) is 11.6. The number of amides is 1. The van der Waals surface area contributed by atoms with E-state index in [0.717, 1.165) is 26.4 Å². The third kappa shape index (κ3) is 3.49. The molecule has 5 nitrogen and oxygen atoms in total. The second kappa shape index (κ2) is 6.88. The molecule has 0 atom stereocenters. The van der Waals surface area contributed by atoms with E-state index in [0.29, 0.717) is 18.7 Å². The summed E-state index contributed by atoms with van der Waals surface area (Å²) in [4.78, 5) is 28.5. The molecule has 0 aliphatic heterocycles. The highest BCUT2D eigenvalue weighted by Crippen LogP contribution is 2.21. The third-order valence-electron chi connectivity index (χ3n) is 3.74. The van der Waals surface area contributed by atoms with Crippen LogP contribution in [0.2, 0.25) is 0 Å². The summed E-state index contributed by atoms with van der Waals surface area (Å²) in [5.41, 5.74) is 1.39. The molecule has 0 bridgehead atoms. The zero-order chi connectivity index (χ0) is 17.1.